The summed E-state index contributed by atoms with van der Waals surface area (Å²) in [5.74, 6) is -0.175. The monoisotopic (exact) mass is 333 g/mol. The van der Waals surface area contributed by atoms with E-state index in [0.717, 1.165) is 23.1 Å². The Morgan fingerprint density at radius 1 is 0.950 bits per heavy atom. The summed E-state index contributed by atoms with van der Waals surface area (Å²) >= 11 is 3.48. The SMILES string of the molecule is Fc1ccc(N2CCCCC2c2ccc(Br)cc2)cc1. The van der Waals surface area contributed by atoms with Crippen LogP contribution in [0.15, 0.2) is 53.0 Å². The van der Waals surface area contributed by atoms with E-state index in [2.05, 4.69) is 45.1 Å². The maximum atomic E-state index is 13.1. The normalized spacial score (nSPS) is 19.1. The van der Waals surface area contributed by atoms with Crippen molar-refractivity contribution >= 4 is 21.6 Å². The zero-order chi connectivity index (χ0) is 13.9. The van der Waals surface area contributed by atoms with Gasteiger partial charge in [0.1, 0.15) is 5.82 Å². The van der Waals surface area contributed by atoms with Gasteiger partial charge in [-0.3, -0.25) is 0 Å². The highest BCUT2D eigenvalue weighted by atomic mass is 79.9. The van der Waals surface area contributed by atoms with Gasteiger partial charge in [0, 0.05) is 16.7 Å². The van der Waals surface area contributed by atoms with E-state index in [1.807, 2.05) is 12.1 Å². The molecule has 0 radical (unpaired) electrons. The summed E-state index contributed by atoms with van der Waals surface area (Å²) in [6.07, 6.45) is 3.60. The lowest BCUT2D eigenvalue weighted by atomic mass is 9.94. The van der Waals surface area contributed by atoms with Crippen molar-refractivity contribution in [1.29, 1.82) is 0 Å². The summed E-state index contributed by atoms with van der Waals surface area (Å²) in [5.41, 5.74) is 2.44. The summed E-state index contributed by atoms with van der Waals surface area (Å²) in [5, 5.41) is 0. The summed E-state index contributed by atoms with van der Waals surface area (Å²) in [7, 11) is 0. The number of hydrogen-bond donors (Lipinski definition) is 0. The molecule has 1 heterocycles. The van der Waals surface area contributed by atoms with Gasteiger partial charge in [-0.25, -0.2) is 4.39 Å². The Hall–Kier alpha value is -1.35. The molecule has 3 heteroatoms. The molecule has 0 aliphatic carbocycles. The smallest absolute Gasteiger partial charge is 0.123 e. The van der Waals surface area contributed by atoms with Crippen molar-refractivity contribution in [3.63, 3.8) is 0 Å². The van der Waals surface area contributed by atoms with E-state index in [0.29, 0.717) is 6.04 Å². The van der Waals surface area contributed by atoms with Crippen LogP contribution in [0.3, 0.4) is 0 Å². The van der Waals surface area contributed by atoms with E-state index in [1.165, 1.54) is 18.4 Å². The molecule has 0 amide bonds. The van der Waals surface area contributed by atoms with Crippen LogP contribution in [0.4, 0.5) is 10.1 Å². The molecule has 1 unspecified atom stereocenters. The van der Waals surface area contributed by atoms with E-state index in [9.17, 15) is 4.39 Å². The molecule has 1 nitrogen and oxygen atoms in total. The molecule has 1 aliphatic heterocycles. The van der Waals surface area contributed by atoms with Crippen LogP contribution in [0.5, 0.6) is 0 Å². The highest BCUT2D eigenvalue weighted by Gasteiger charge is 2.24. The predicted octanol–water partition coefficient (Wildman–Crippen LogP) is 5.32. The maximum absolute atomic E-state index is 13.1. The van der Waals surface area contributed by atoms with Gasteiger partial charge in [0.05, 0.1) is 6.04 Å². The average Bonchev–Trinajstić information content (AvgIpc) is 2.49. The van der Waals surface area contributed by atoms with Crippen LogP contribution in [0.25, 0.3) is 0 Å². The largest absolute Gasteiger partial charge is 0.364 e. The maximum Gasteiger partial charge on any atom is 0.123 e. The Bertz CT molecular complexity index is 511. The molecule has 0 aromatic heterocycles. The van der Waals surface area contributed by atoms with Crippen LogP contribution in [0.2, 0.25) is 0 Å². The van der Waals surface area contributed by atoms with Gasteiger partial charge in [0.15, 0.2) is 0 Å². The van der Waals surface area contributed by atoms with Gasteiger partial charge >= 0.3 is 0 Å². The molecule has 2 aromatic rings. The van der Waals surface area contributed by atoms with Crippen molar-refractivity contribution in [2.24, 2.45) is 0 Å². The number of anilines is 1. The molecular formula is C17H17BrFN. The molecule has 0 saturated carbocycles. The third kappa shape index (κ3) is 2.88. The molecule has 1 fully saturated rings. The Morgan fingerprint density at radius 2 is 1.65 bits per heavy atom. The van der Waals surface area contributed by atoms with Crippen molar-refractivity contribution in [3.05, 3.63) is 64.4 Å². The number of hydrogen-bond acceptors (Lipinski definition) is 1. The molecule has 0 bridgehead atoms. The topological polar surface area (TPSA) is 3.24 Å². The predicted molar refractivity (Wildman–Crippen MR) is 84.5 cm³/mol. The molecule has 1 atom stereocenters. The minimum atomic E-state index is -0.175. The van der Waals surface area contributed by atoms with Crippen LogP contribution in [0, 0.1) is 5.82 Å². The van der Waals surface area contributed by atoms with Crippen LogP contribution in [-0.4, -0.2) is 6.54 Å². The zero-order valence-corrected chi connectivity index (χ0v) is 12.8. The van der Waals surface area contributed by atoms with Crippen molar-refractivity contribution in [3.8, 4) is 0 Å². The lowest BCUT2D eigenvalue weighted by Gasteiger charge is -2.38. The minimum absolute atomic E-state index is 0.175. The minimum Gasteiger partial charge on any atom is -0.364 e. The Labute approximate surface area is 127 Å². The van der Waals surface area contributed by atoms with Gasteiger partial charge in [-0.2, -0.15) is 0 Å². The first-order chi connectivity index (χ1) is 9.74. The van der Waals surface area contributed by atoms with Gasteiger partial charge < -0.3 is 4.90 Å². The lowest BCUT2D eigenvalue weighted by molar-refractivity contribution is 0.473. The fourth-order valence-electron chi connectivity index (χ4n) is 2.90. The first-order valence-corrected chi connectivity index (χ1v) is 7.81. The van der Waals surface area contributed by atoms with Gasteiger partial charge in [0.2, 0.25) is 0 Å². The first-order valence-electron chi connectivity index (χ1n) is 7.02. The third-order valence-electron chi connectivity index (χ3n) is 3.92. The van der Waals surface area contributed by atoms with E-state index in [4.69, 9.17) is 0 Å². The first kappa shape index (κ1) is 13.6. The standard InChI is InChI=1S/C17H17BrFN/c18-14-6-4-13(5-7-14)17-3-1-2-12-20(17)16-10-8-15(19)9-11-16/h4-11,17H,1-3,12H2. The molecular weight excluding hydrogens is 317 g/mol. The summed E-state index contributed by atoms with van der Waals surface area (Å²) in [6.45, 7) is 1.03. The third-order valence-corrected chi connectivity index (χ3v) is 4.44. The van der Waals surface area contributed by atoms with E-state index in [-0.39, 0.29) is 5.82 Å². The van der Waals surface area contributed by atoms with Gasteiger partial charge in [-0.15, -0.1) is 0 Å². The Balaban J connectivity index is 1.90. The molecule has 1 saturated heterocycles. The van der Waals surface area contributed by atoms with Crippen molar-refractivity contribution in [2.75, 3.05) is 11.4 Å². The number of piperidine rings is 1. The Morgan fingerprint density at radius 3 is 2.35 bits per heavy atom. The van der Waals surface area contributed by atoms with Crippen molar-refractivity contribution in [2.45, 2.75) is 25.3 Å². The van der Waals surface area contributed by atoms with Crippen LogP contribution < -0.4 is 4.90 Å². The van der Waals surface area contributed by atoms with E-state index < -0.39 is 0 Å². The Kier molecular flexibility index (Phi) is 4.06. The molecule has 2 aromatic carbocycles. The lowest BCUT2D eigenvalue weighted by Crippen LogP contribution is -2.33. The average molecular weight is 334 g/mol. The number of nitrogens with zero attached hydrogens (tertiary/aromatic N) is 1. The highest BCUT2D eigenvalue weighted by molar-refractivity contribution is 9.10. The zero-order valence-electron chi connectivity index (χ0n) is 11.2. The van der Waals surface area contributed by atoms with Crippen LogP contribution in [-0.2, 0) is 0 Å². The van der Waals surface area contributed by atoms with Gasteiger partial charge in [0.25, 0.3) is 0 Å². The fraction of sp³-hybridized carbons (Fsp3) is 0.294. The summed E-state index contributed by atoms with van der Waals surface area (Å²) < 4.78 is 14.2. The molecule has 0 N–H and O–H groups in total. The second-order valence-corrected chi connectivity index (χ2v) is 6.15. The molecule has 3 rings (SSSR count). The van der Waals surface area contributed by atoms with Gasteiger partial charge in [-0.05, 0) is 61.2 Å². The molecule has 1 aliphatic rings. The fourth-order valence-corrected chi connectivity index (χ4v) is 3.17. The summed E-state index contributed by atoms with van der Waals surface area (Å²) in [4.78, 5) is 2.40. The number of halogens is 2. The molecule has 20 heavy (non-hydrogen) atoms. The molecule has 104 valence electrons. The second kappa shape index (κ2) is 5.96. The highest BCUT2D eigenvalue weighted by Crippen LogP contribution is 2.35. The molecule has 0 spiro atoms. The van der Waals surface area contributed by atoms with Crippen molar-refractivity contribution < 1.29 is 4.39 Å². The van der Waals surface area contributed by atoms with Gasteiger partial charge in [-0.1, -0.05) is 28.1 Å². The van der Waals surface area contributed by atoms with Crippen LogP contribution in [0.1, 0.15) is 30.9 Å². The van der Waals surface area contributed by atoms with E-state index >= 15 is 0 Å². The number of benzene rings is 2. The summed E-state index contributed by atoms with van der Waals surface area (Å²) in [6, 6.07) is 15.8. The second-order valence-electron chi connectivity index (χ2n) is 5.23. The number of rotatable bonds is 2. The van der Waals surface area contributed by atoms with E-state index in [1.54, 1.807) is 12.1 Å². The van der Waals surface area contributed by atoms with Crippen molar-refractivity contribution in [1.82, 2.24) is 0 Å². The van der Waals surface area contributed by atoms with Crippen LogP contribution >= 0.6 is 15.9 Å². The quantitative estimate of drug-likeness (QED) is 0.718.